The lowest BCUT2D eigenvalue weighted by molar-refractivity contribution is 0.0642. The van der Waals surface area contributed by atoms with Crippen LogP contribution in [0, 0.1) is 0 Å². The summed E-state index contributed by atoms with van der Waals surface area (Å²) < 4.78 is 5.33. The summed E-state index contributed by atoms with van der Waals surface area (Å²) in [6, 6.07) is 21.1. The van der Waals surface area contributed by atoms with Gasteiger partial charge in [0.05, 0.1) is 30.5 Å². The van der Waals surface area contributed by atoms with Crippen LogP contribution in [-0.4, -0.2) is 36.8 Å². The lowest BCUT2D eigenvalue weighted by Gasteiger charge is -2.20. The number of carbonyl (C=O) groups excluding carboxylic acids is 3. The van der Waals surface area contributed by atoms with Crippen LogP contribution in [-0.2, 0) is 6.54 Å². The minimum atomic E-state index is -0.395. The zero-order valence-corrected chi connectivity index (χ0v) is 16.7. The highest BCUT2D eigenvalue weighted by Crippen LogP contribution is 2.30. The molecule has 0 spiro atoms. The first-order chi connectivity index (χ1) is 14.5. The highest BCUT2D eigenvalue weighted by atomic mass is 16.5. The largest absolute Gasteiger partial charge is 0.495 e. The Hall–Kier alpha value is -3.93. The van der Waals surface area contributed by atoms with Gasteiger partial charge >= 0.3 is 0 Å². The molecular formula is C24H20N2O4. The Morgan fingerprint density at radius 1 is 0.900 bits per heavy atom. The van der Waals surface area contributed by atoms with E-state index < -0.39 is 5.91 Å². The van der Waals surface area contributed by atoms with Crippen molar-refractivity contribution in [1.82, 2.24) is 4.90 Å². The number of carbonyl (C=O) groups is 3. The van der Waals surface area contributed by atoms with Gasteiger partial charge in [0.1, 0.15) is 5.75 Å². The monoisotopic (exact) mass is 400 g/mol. The number of methoxy groups -OCH3 is 1. The molecule has 0 aromatic heterocycles. The second-order valence-electron chi connectivity index (χ2n) is 6.98. The smallest absolute Gasteiger partial charge is 0.261 e. The second-order valence-corrected chi connectivity index (χ2v) is 6.98. The lowest BCUT2D eigenvalue weighted by atomic mass is 10.0. The maximum absolute atomic E-state index is 13.0. The Morgan fingerprint density at radius 3 is 2.30 bits per heavy atom. The summed E-state index contributed by atoms with van der Waals surface area (Å²) >= 11 is 0. The average Bonchev–Trinajstić information content (AvgIpc) is 3.03. The van der Waals surface area contributed by atoms with Crippen LogP contribution in [0.15, 0.2) is 72.8 Å². The van der Waals surface area contributed by atoms with E-state index >= 15 is 0 Å². The molecule has 3 aromatic carbocycles. The average molecular weight is 400 g/mol. The van der Waals surface area contributed by atoms with E-state index in [4.69, 9.17) is 4.74 Å². The fourth-order valence-corrected chi connectivity index (χ4v) is 3.54. The predicted molar refractivity (Wildman–Crippen MR) is 113 cm³/mol. The van der Waals surface area contributed by atoms with Crippen molar-refractivity contribution in [2.24, 2.45) is 0 Å². The van der Waals surface area contributed by atoms with E-state index in [-0.39, 0.29) is 23.9 Å². The molecule has 0 aliphatic carbocycles. The number of imide groups is 1. The fraction of sp³-hybridized carbons (Fsp3) is 0.125. The van der Waals surface area contributed by atoms with Crippen LogP contribution in [0.2, 0.25) is 0 Å². The molecule has 0 bridgehead atoms. The van der Waals surface area contributed by atoms with E-state index in [0.717, 1.165) is 5.56 Å². The van der Waals surface area contributed by atoms with Crippen LogP contribution in [0.4, 0.5) is 5.69 Å². The molecule has 4 rings (SSSR count). The van der Waals surface area contributed by atoms with E-state index in [2.05, 4.69) is 0 Å². The van der Waals surface area contributed by atoms with Crippen molar-refractivity contribution in [2.75, 3.05) is 19.1 Å². The number of fused-ring (bicyclic) bond motifs is 1. The molecule has 3 amide bonds. The topological polar surface area (TPSA) is 66.9 Å². The van der Waals surface area contributed by atoms with Gasteiger partial charge in [0.2, 0.25) is 0 Å². The van der Waals surface area contributed by atoms with Crippen molar-refractivity contribution in [1.29, 1.82) is 0 Å². The molecule has 0 radical (unpaired) electrons. The number of ether oxygens (including phenoxy) is 1. The summed E-state index contributed by atoms with van der Waals surface area (Å²) in [7, 11) is 3.18. The zero-order chi connectivity index (χ0) is 21.3. The second kappa shape index (κ2) is 7.83. The highest BCUT2D eigenvalue weighted by molar-refractivity contribution is 6.22. The normalized spacial score (nSPS) is 12.7. The molecule has 6 heteroatoms. The van der Waals surface area contributed by atoms with E-state index in [9.17, 15) is 14.4 Å². The van der Waals surface area contributed by atoms with Crippen molar-refractivity contribution >= 4 is 23.4 Å². The van der Waals surface area contributed by atoms with Crippen LogP contribution in [0.5, 0.6) is 5.75 Å². The molecule has 1 aliphatic heterocycles. The minimum Gasteiger partial charge on any atom is -0.495 e. The van der Waals surface area contributed by atoms with Crippen molar-refractivity contribution in [3.05, 3.63) is 95.1 Å². The van der Waals surface area contributed by atoms with E-state index in [1.54, 1.807) is 31.3 Å². The maximum Gasteiger partial charge on any atom is 0.261 e. The molecular weight excluding hydrogens is 380 g/mol. The number of hydrogen-bond acceptors (Lipinski definition) is 4. The van der Waals surface area contributed by atoms with E-state index in [1.165, 1.54) is 23.0 Å². The van der Waals surface area contributed by atoms with E-state index in [0.29, 0.717) is 22.6 Å². The van der Waals surface area contributed by atoms with Crippen LogP contribution < -0.4 is 9.64 Å². The Bertz CT molecular complexity index is 1140. The van der Waals surface area contributed by atoms with Crippen molar-refractivity contribution in [3.63, 3.8) is 0 Å². The molecule has 1 heterocycles. The third kappa shape index (κ3) is 3.33. The Labute approximate surface area is 174 Å². The minimum absolute atomic E-state index is 0.192. The summed E-state index contributed by atoms with van der Waals surface area (Å²) in [6.45, 7) is 0.192. The highest BCUT2D eigenvalue weighted by Gasteiger charge is 2.36. The molecule has 150 valence electrons. The first-order valence-electron chi connectivity index (χ1n) is 9.46. The van der Waals surface area contributed by atoms with Gasteiger partial charge in [-0.1, -0.05) is 42.5 Å². The fourth-order valence-electron chi connectivity index (χ4n) is 3.54. The summed E-state index contributed by atoms with van der Waals surface area (Å²) in [5.41, 5.74) is 2.35. The first-order valence-corrected chi connectivity index (χ1v) is 9.46. The molecule has 0 atom stereocenters. The zero-order valence-electron chi connectivity index (χ0n) is 16.7. The quantitative estimate of drug-likeness (QED) is 0.612. The van der Waals surface area contributed by atoms with Gasteiger partial charge in [-0.25, -0.2) is 0 Å². The van der Waals surface area contributed by atoms with Gasteiger partial charge in [0, 0.05) is 12.6 Å². The van der Waals surface area contributed by atoms with Gasteiger partial charge in [0.15, 0.2) is 0 Å². The van der Waals surface area contributed by atoms with Crippen LogP contribution in [0.3, 0.4) is 0 Å². The first kappa shape index (κ1) is 19.4. The van der Waals surface area contributed by atoms with Crippen LogP contribution in [0.25, 0.3) is 0 Å². The number of anilines is 1. The Kier molecular flexibility index (Phi) is 5.06. The summed E-state index contributed by atoms with van der Waals surface area (Å²) in [5, 5.41) is 0. The summed E-state index contributed by atoms with van der Waals surface area (Å²) in [6.07, 6.45) is 0. The number of amides is 3. The van der Waals surface area contributed by atoms with Crippen molar-refractivity contribution in [2.45, 2.75) is 6.54 Å². The molecule has 0 unspecified atom stereocenters. The number of hydrogen-bond donors (Lipinski definition) is 0. The third-order valence-corrected chi connectivity index (χ3v) is 5.15. The Morgan fingerprint density at radius 2 is 1.57 bits per heavy atom. The van der Waals surface area contributed by atoms with Gasteiger partial charge in [-0.15, -0.1) is 0 Å². The standard InChI is InChI=1S/C24H20N2O4/c1-25(20-10-6-7-11-21(20)30-2)22(27)17-12-13-18-19(14-17)24(29)26(23(18)28)15-16-8-4-3-5-9-16/h3-14H,15H2,1-2H3. The number of benzene rings is 3. The van der Waals surface area contributed by atoms with Gasteiger partial charge < -0.3 is 9.64 Å². The molecule has 30 heavy (non-hydrogen) atoms. The van der Waals surface area contributed by atoms with Gasteiger partial charge in [-0.2, -0.15) is 0 Å². The van der Waals surface area contributed by atoms with Crippen molar-refractivity contribution < 1.29 is 19.1 Å². The maximum atomic E-state index is 13.0. The molecule has 6 nitrogen and oxygen atoms in total. The summed E-state index contributed by atoms with van der Waals surface area (Å²) in [5.74, 6) is -0.483. The van der Waals surface area contributed by atoms with Gasteiger partial charge in [-0.05, 0) is 35.9 Å². The molecule has 0 saturated heterocycles. The predicted octanol–water partition coefficient (Wildman–Crippen LogP) is 3.77. The number of nitrogens with zero attached hydrogens (tertiary/aromatic N) is 2. The molecule has 3 aromatic rings. The third-order valence-electron chi connectivity index (χ3n) is 5.15. The lowest BCUT2D eigenvalue weighted by Crippen LogP contribution is -2.29. The summed E-state index contributed by atoms with van der Waals surface area (Å²) in [4.78, 5) is 41.3. The molecule has 1 aliphatic rings. The van der Waals surface area contributed by atoms with Gasteiger partial charge in [-0.3, -0.25) is 19.3 Å². The number of rotatable bonds is 5. The Balaban J connectivity index is 1.62. The van der Waals surface area contributed by atoms with Crippen LogP contribution in [0.1, 0.15) is 36.6 Å². The van der Waals surface area contributed by atoms with Gasteiger partial charge in [0.25, 0.3) is 17.7 Å². The number of para-hydroxylation sites is 2. The molecule has 0 fully saturated rings. The van der Waals surface area contributed by atoms with Crippen LogP contribution >= 0.6 is 0 Å². The SMILES string of the molecule is COc1ccccc1N(C)C(=O)c1ccc2c(c1)C(=O)N(Cc1ccccc1)C2=O. The molecule has 0 saturated carbocycles. The van der Waals surface area contributed by atoms with Crippen molar-refractivity contribution in [3.8, 4) is 5.75 Å². The van der Waals surface area contributed by atoms with E-state index in [1.807, 2.05) is 42.5 Å². The molecule has 0 N–H and O–H groups in total.